The topological polar surface area (TPSA) is 91.7 Å². The van der Waals surface area contributed by atoms with Crippen LogP contribution in [-0.2, 0) is 9.53 Å². The fourth-order valence-corrected chi connectivity index (χ4v) is 1.94. The number of nitrogens with zero attached hydrogens (tertiary/aromatic N) is 1. The van der Waals surface area contributed by atoms with Gasteiger partial charge in [0.05, 0.1) is 12.5 Å². The molecule has 20 heavy (non-hydrogen) atoms. The molecule has 2 aromatic rings. The van der Waals surface area contributed by atoms with Gasteiger partial charge in [0.2, 0.25) is 0 Å². The van der Waals surface area contributed by atoms with Gasteiger partial charge in [0.15, 0.2) is 0 Å². The maximum Gasteiger partial charge on any atom is 0.306 e. The number of ether oxygens (including phenoxy) is 1. The molecule has 0 amide bonds. The molecule has 106 valence electrons. The van der Waals surface area contributed by atoms with Gasteiger partial charge >= 0.3 is 5.97 Å². The Bertz CT molecular complexity index is 615. The van der Waals surface area contributed by atoms with Gasteiger partial charge in [-0.2, -0.15) is 0 Å². The highest BCUT2D eigenvalue weighted by Crippen LogP contribution is 2.25. The first-order chi connectivity index (χ1) is 9.60. The van der Waals surface area contributed by atoms with Gasteiger partial charge in [0, 0.05) is 25.2 Å². The van der Waals surface area contributed by atoms with Crippen LogP contribution in [0, 0.1) is 0 Å². The third-order valence-electron chi connectivity index (χ3n) is 2.98. The summed E-state index contributed by atoms with van der Waals surface area (Å²) < 4.78 is 5.10. The van der Waals surface area contributed by atoms with Gasteiger partial charge in [-0.15, -0.1) is 0 Å². The zero-order valence-electron chi connectivity index (χ0n) is 11.0. The van der Waals surface area contributed by atoms with Crippen LogP contribution in [0.3, 0.4) is 0 Å². The van der Waals surface area contributed by atoms with E-state index in [0.29, 0.717) is 12.4 Å². The van der Waals surface area contributed by atoms with Crippen molar-refractivity contribution in [2.45, 2.75) is 12.5 Å². The Labute approximate surface area is 116 Å². The summed E-state index contributed by atoms with van der Waals surface area (Å²) in [5.41, 5.74) is 0. The molecule has 6 heteroatoms. The summed E-state index contributed by atoms with van der Waals surface area (Å²) in [5, 5.41) is 23.1. The standard InChI is InChI=1S/C14H16N2O4/c1-20-11(7-13(18)19)8-16-14-12-6-10(17)3-2-9(12)4-5-15-14/h2-6,11,17H,7-8H2,1H3,(H,15,16)(H,18,19). The van der Waals surface area contributed by atoms with E-state index in [2.05, 4.69) is 10.3 Å². The van der Waals surface area contributed by atoms with Gasteiger partial charge in [-0.25, -0.2) is 4.98 Å². The molecule has 1 aromatic carbocycles. The molecule has 0 saturated heterocycles. The average molecular weight is 276 g/mol. The molecule has 0 bridgehead atoms. The number of phenols is 1. The van der Waals surface area contributed by atoms with E-state index in [1.165, 1.54) is 7.11 Å². The number of benzene rings is 1. The van der Waals surface area contributed by atoms with Crippen LogP contribution >= 0.6 is 0 Å². The van der Waals surface area contributed by atoms with Crippen LogP contribution in [0.15, 0.2) is 30.5 Å². The van der Waals surface area contributed by atoms with Gasteiger partial charge in [-0.1, -0.05) is 6.07 Å². The van der Waals surface area contributed by atoms with Crippen LogP contribution in [0.2, 0.25) is 0 Å². The Hall–Kier alpha value is -2.34. The normalized spacial score (nSPS) is 12.2. The van der Waals surface area contributed by atoms with Crippen LogP contribution in [0.25, 0.3) is 10.8 Å². The number of aliphatic carboxylic acids is 1. The number of carboxylic acid groups (broad SMARTS) is 1. The van der Waals surface area contributed by atoms with Gasteiger partial charge in [-0.3, -0.25) is 4.79 Å². The number of methoxy groups -OCH3 is 1. The predicted molar refractivity (Wildman–Crippen MR) is 74.9 cm³/mol. The number of carbonyl (C=O) groups is 1. The summed E-state index contributed by atoms with van der Waals surface area (Å²) in [5.74, 6) is -0.171. The fourth-order valence-electron chi connectivity index (χ4n) is 1.94. The van der Waals surface area contributed by atoms with Crippen molar-refractivity contribution in [3.05, 3.63) is 30.5 Å². The molecule has 1 aromatic heterocycles. The summed E-state index contributed by atoms with van der Waals surface area (Å²) >= 11 is 0. The zero-order valence-corrected chi connectivity index (χ0v) is 11.0. The molecular formula is C14H16N2O4. The molecule has 6 nitrogen and oxygen atoms in total. The number of phenolic OH excluding ortho intramolecular Hbond substituents is 1. The van der Waals surface area contributed by atoms with E-state index in [9.17, 15) is 9.90 Å². The Morgan fingerprint density at radius 2 is 2.25 bits per heavy atom. The van der Waals surface area contributed by atoms with Crippen molar-refractivity contribution in [2.75, 3.05) is 19.0 Å². The smallest absolute Gasteiger partial charge is 0.306 e. The molecule has 0 radical (unpaired) electrons. The third-order valence-corrected chi connectivity index (χ3v) is 2.98. The minimum absolute atomic E-state index is 0.0838. The van der Waals surface area contributed by atoms with E-state index in [1.807, 2.05) is 6.07 Å². The molecule has 2 rings (SSSR count). The maximum atomic E-state index is 10.7. The summed E-state index contributed by atoms with van der Waals surface area (Å²) in [6.45, 7) is 0.324. The number of aromatic hydroxyl groups is 1. The first-order valence-electron chi connectivity index (χ1n) is 6.16. The summed E-state index contributed by atoms with van der Waals surface area (Å²) in [6, 6.07) is 6.85. The third kappa shape index (κ3) is 3.36. The van der Waals surface area contributed by atoms with Crippen LogP contribution in [0.5, 0.6) is 5.75 Å². The highest BCUT2D eigenvalue weighted by atomic mass is 16.5. The van der Waals surface area contributed by atoms with Crippen molar-refractivity contribution >= 4 is 22.6 Å². The van der Waals surface area contributed by atoms with E-state index in [1.54, 1.807) is 24.4 Å². The lowest BCUT2D eigenvalue weighted by Gasteiger charge is -2.15. The number of hydrogen-bond acceptors (Lipinski definition) is 5. The van der Waals surface area contributed by atoms with Crippen molar-refractivity contribution in [3.8, 4) is 5.75 Å². The number of rotatable bonds is 6. The Morgan fingerprint density at radius 3 is 2.95 bits per heavy atom. The van der Waals surface area contributed by atoms with Gasteiger partial charge in [0.25, 0.3) is 0 Å². The summed E-state index contributed by atoms with van der Waals surface area (Å²) in [6.07, 6.45) is 1.13. The number of carboxylic acids is 1. The Kier molecular flexibility index (Phi) is 4.37. The predicted octanol–water partition coefficient (Wildman–Crippen LogP) is 1.84. The monoisotopic (exact) mass is 276 g/mol. The second-order valence-electron chi connectivity index (χ2n) is 4.40. The number of hydrogen-bond donors (Lipinski definition) is 3. The van der Waals surface area contributed by atoms with Crippen molar-refractivity contribution in [2.24, 2.45) is 0 Å². The molecule has 0 spiro atoms. The minimum atomic E-state index is -0.915. The molecule has 1 unspecified atom stereocenters. The maximum absolute atomic E-state index is 10.7. The molecule has 0 aliphatic carbocycles. The average Bonchev–Trinajstić information content (AvgIpc) is 2.43. The van der Waals surface area contributed by atoms with Crippen LogP contribution in [0.4, 0.5) is 5.82 Å². The second-order valence-corrected chi connectivity index (χ2v) is 4.40. The number of anilines is 1. The highest BCUT2D eigenvalue weighted by molar-refractivity contribution is 5.92. The van der Waals surface area contributed by atoms with E-state index < -0.39 is 12.1 Å². The number of aromatic nitrogens is 1. The minimum Gasteiger partial charge on any atom is -0.508 e. The first kappa shape index (κ1) is 14.1. The molecule has 0 saturated carbocycles. The Balaban J connectivity index is 2.17. The SMILES string of the molecule is COC(CNc1nccc2ccc(O)cc12)CC(=O)O. The molecule has 0 aliphatic heterocycles. The number of nitrogens with one attached hydrogen (secondary N) is 1. The molecular weight excluding hydrogens is 260 g/mol. The highest BCUT2D eigenvalue weighted by Gasteiger charge is 2.13. The van der Waals surface area contributed by atoms with Crippen molar-refractivity contribution in [1.82, 2.24) is 4.98 Å². The molecule has 0 aliphatic rings. The molecule has 3 N–H and O–H groups in total. The summed E-state index contributed by atoms with van der Waals surface area (Å²) in [4.78, 5) is 14.9. The second kappa shape index (κ2) is 6.21. The molecule has 1 atom stereocenters. The molecule has 1 heterocycles. The van der Waals surface area contributed by atoms with Gasteiger partial charge in [-0.05, 0) is 23.6 Å². The number of pyridine rings is 1. The van der Waals surface area contributed by atoms with Crippen molar-refractivity contribution in [3.63, 3.8) is 0 Å². The van der Waals surface area contributed by atoms with Gasteiger partial charge in [0.1, 0.15) is 11.6 Å². The summed E-state index contributed by atoms with van der Waals surface area (Å²) in [7, 11) is 1.47. The first-order valence-corrected chi connectivity index (χ1v) is 6.16. The number of fused-ring (bicyclic) bond motifs is 1. The zero-order chi connectivity index (χ0) is 14.5. The van der Waals surface area contributed by atoms with E-state index in [4.69, 9.17) is 9.84 Å². The van der Waals surface area contributed by atoms with Crippen LogP contribution in [-0.4, -0.2) is 40.9 Å². The Morgan fingerprint density at radius 1 is 1.45 bits per heavy atom. The molecule has 0 fully saturated rings. The lowest BCUT2D eigenvalue weighted by atomic mass is 10.1. The van der Waals surface area contributed by atoms with E-state index in [-0.39, 0.29) is 12.2 Å². The van der Waals surface area contributed by atoms with E-state index in [0.717, 1.165) is 10.8 Å². The van der Waals surface area contributed by atoms with Crippen molar-refractivity contribution < 1.29 is 19.7 Å². The quantitative estimate of drug-likeness (QED) is 0.745. The lowest BCUT2D eigenvalue weighted by molar-refractivity contribution is -0.139. The van der Waals surface area contributed by atoms with Crippen molar-refractivity contribution in [1.29, 1.82) is 0 Å². The van der Waals surface area contributed by atoms with Crippen LogP contribution < -0.4 is 5.32 Å². The van der Waals surface area contributed by atoms with Crippen LogP contribution in [0.1, 0.15) is 6.42 Å². The van der Waals surface area contributed by atoms with Gasteiger partial charge < -0.3 is 20.3 Å². The van der Waals surface area contributed by atoms with E-state index >= 15 is 0 Å². The fraction of sp³-hybridized carbons (Fsp3) is 0.286. The lowest BCUT2D eigenvalue weighted by Crippen LogP contribution is -2.25. The largest absolute Gasteiger partial charge is 0.508 e.